The van der Waals surface area contributed by atoms with E-state index < -0.39 is 5.69 Å². The van der Waals surface area contributed by atoms with Gasteiger partial charge in [0, 0.05) is 44.8 Å². The van der Waals surface area contributed by atoms with Crippen molar-refractivity contribution in [2.24, 2.45) is 0 Å². The molecule has 0 saturated carbocycles. The number of ether oxygens (including phenoxy) is 1. The second kappa shape index (κ2) is 7.92. The molecule has 10 nitrogen and oxygen atoms in total. The maximum Gasteiger partial charge on any atom is 0.352 e. The molecule has 10 heteroatoms. The first-order valence-corrected chi connectivity index (χ1v) is 9.37. The Morgan fingerprint density at radius 3 is 2.59 bits per heavy atom. The number of fused-ring (bicyclic) bond motifs is 1. The van der Waals surface area contributed by atoms with E-state index >= 15 is 0 Å². The fourth-order valence-electron chi connectivity index (χ4n) is 3.15. The minimum atomic E-state index is -0.404. The summed E-state index contributed by atoms with van der Waals surface area (Å²) in [4.78, 5) is 33.4. The molecule has 0 radical (unpaired) electrons. The lowest BCUT2D eigenvalue weighted by molar-refractivity contribution is -0.117. The first-order valence-electron chi connectivity index (χ1n) is 9.37. The second-order valence-corrected chi connectivity index (χ2v) is 6.98. The molecule has 2 aromatic heterocycles. The van der Waals surface area contributed by atoms with Gasteiger partial charge in [-0.05, 0) is 30.3 Å². The summed E-state index contributed by atoms with van der Waals surface area (Å²) in [6, 6.07) is 9.22. The van der Waals surface area contributed by atoms with E-state index in [0.29, 0.717) is 18.9 Å². The van der Waals surface area contributed by atoms with Crippen molar-refractivity contribution in [3.63, 3.8) is 0 Å². The first kappa shape index (κ1) is 18.9. The molecule has 4 rings (SSSR count). The van der Waals surface area contributed by atoms with Crippen LogP contribution in [0, 0.1) is 0 Å². The smallest absolute Gasteiger partial charge is 0.352 e. The van der Waals surface area contributed by atoms with Crippen LogP contribution in [-0.2, 0) is 16.1 Å². The summed E-state index contributed by atoms with van der Waals surface area (Å²) in [6.07, 6.45) is 1.64. The molecule has 0 bridgehead atoms. The van der Waals surface area contributed by atoms with Crippen molar-refractivity contribution in [2.45, 2.75) is 6.54 Å². The standard InChI is InChI=1S/C19H23N7O3/c1-23(2)15-5-3-14(4-6-15)20-17(27)13-26-19(28)25-8-7-16(21-18(25)22-26)24-9-11-29-12-10-24/h3-8H,9-13H2,1-2H3,(H,20,27). The molecule has 0 unspecified atom stereocenters. The number of carbonyl (C=O) groups is 1. The van der Waals surface area contributed by atoms with Crippen molar-refractivity contribution < 1.29 is 9.53 Å². The quantitative estimate of drug-likeness (QED) is 0.667. The highest BCUT2D eigenvalue weighted by molar-refractivity contribution is 5.90. The third kappa shape index (κ3) is 4.06. The topological polar surface area (TPSA) is 97.0 Å². The molecule has 1 amide bonds. The van der Waals surface area contributed by atoms with Crippen LogP contribution in [0.5, 0.6) is 0 Å². The molecule has 0 spiro atoms. The van der Waals surface area contributed by atoms with Crippen molar-refractivity contribution in [3.8, 4) is 0 Å². The number of nitrogens with zero attached hydrogens (tertiary/aromatic N) is 6. The van der Waals surface area contributed by atoms with Gasteiger partial charge >= 0.3 is 5.69 Å². The highest BCUT2D eigenvalue weighted by atomic mass is 16.5. The van der Waals surface area contributed by atoms with E-state index in [0.717, 1.165) is 29.3 Å². The molecule has 1 aromatic carbocycles. The van der Waals surface area contributed by atoms with Crippen LogP contribution in [0.15, 0.2) is 41.3 Å². The van der Waals surface area contributed by atoms with Gasteiger partial charge in [-0.25, -0.2) is 13.9 Å². The Morgan fingerprint density at radius 2 is 1.90 bits per heavy atom. The number of nitrogens with one attached hydrogen (secondary N) is 1. The zero-order valence-electron chi connectivity index (χ0n) is 16.4. The first-order chi connectivity index (χ1) is 14.0. The van der Waals surface area contributed by atoms with Gasteiger partial charge in [0.2, 0.25) is 5.91 Å². The van der Waals surface area contributed by atoms with E-state index in [2.05, 4.69) is 20.3 Å². The van der Waals surface area contributed by atoms with Crippen LogP contribution in [0.1, 0.15) is 0 Å². The van der Waals surface area contributed by atoms with Gasteiger partial charge in [-0.15, -0.1) is 5.10 Å². The van der Waals surface area contributed by atoms with Crippen LogP contribution in [0.3, 0.4) is 0 Å². The Hall–Kier alpha value is -3.40. The number of carbonyl (C=O) groups excluding carboxylic acids is 1. The van der Waals surface area contributed by atoms with Crippen LogP contribution in [0.25, 0.3) is 5.78 Å². The van der Waals surface area contributed by atoms with Gasteiger partial charge < -0.3 is 19.9 Å². The summed E-state index contributed by atoms with van der Waals surface area (Å²) in [5.74, 6) is 0.673. The number of aromatic nitrogens is 4. The van der Waals surface area contributed by atoms with E-state index in [1.807, 2.05) is 43.3 Å². The molecule has 0 atom stereocenters. The van der Waals surface area contributed by atoms with Gasteiger partial charge in [0.25, 0.3) is 5.78 Å². The summed E-state index contributed by atoms with van der Waals surface area (Å²) < 4.78 is 7.81. The number of amides is 1. The van der Waals surface area contributed by atoms with Crippen LogP contribution < -0.4 is 20.8 Å². The Kier molecular flexibility index (Phi) is 5.17. The summed E-state index contributed by atoms with van der Waals surface area (Å²) in [5, 5.41) is 7.00. The van der Waals surface area contributed by atoms with Crippen molar-refractivity contribution in [3.05, 3.63) is 47.0 Å². The van der Waals surface area contributed by atoms with Crippen molar-refractivity contribution in [1.82, 2.24) is 19.2 Å². The van der Waals surface area contributed by atoms with E-state index in [1.165, 1.54) is 4.40 Å². The van der Waals surface area contributed by atoms with Gasteiger partial charge in [-0.1, -0.05) is 0 Å². The Labute approximate surface area is 167 Å². The van der Waals surface area contributed by atoms with Crippen LogP contribution in [-0.4, -0.2) is 65.5 Å². The highest BCUT2D eigenvalue weighted by Crippen LogP contribution is 2.16. The van der Waals surface area contributed by atoms with Gasteiger partial charge in [-0.3, -0.25) is 4.79 Å². The van der Waals surface area contributed by atoms with E-state index in [4.69, 9.17) is 4.74 Å². The predicted octanol–water partition coefficient (Wildman–Crippen LogP) is 0.432. The number of morpholine rings is 1. The number of hydrogen-bond acceptors (Lipinski definition) is 7. The summed E-state index contributed by atoms with van der Waals surface area (Å²) in [5.41, 5.74) is 1.28. The number of hydrogen-bond donors (Lipinski definition) is 1. The van der Waals surface area contributed by atoms with Crippen molar-refractivity contribution in [2.75, 3.05) is 55.5 Å². The monoisotopic (exact) mass is 397 g/mol. The summed E-state index contributed by atoms with van der Waals surface area (Å²) in [6.45, 7) is 2.57. The number of benzene rings is 1. The van der Waals surface area contributed by atoms with Gasteiger partial charge in [0.05, 0.1) is 13.2 Å². The third-order valence-electron chi connectivity index (χ3n) is 4.74. The summed E-state index contributed by atoms with van der Waals surface area (Å²) in [7, 11) is 3.89. The molecular weight excluding hydrogens is 374 g/mol. The highest BCUT2D eigenvalue weighted by Gasteiger charge is 2.16. The molecule has 152 valence electrons. The molecule has 3 aromatic rings. The fourth-order valence-corrected chi connectivity index (χ4v) is 3.15. The van der Waals surface area contributed by atoms with Crippen LogP contribution in [0.2, 0.25) is 0 Å². The third-order valence-corrected chi connectivity index (χ3v) is 4.74. The lowest BCUT2D eigenvalue weighted by Crippen LogP contribution is -2.36. The summed E-state index contributed by atoms with van der Waals surface area (Å²) >= 11 is 0. The zero-order chi connectivity index (χ0) is 20.4. The molecule has 1 fully saturated rings. The zero-order valence-corrected chi connectivity index (χ0v) is 16.4. The van der Waals surface area contributed by atoms with E-state index in [1.54, 1.807) is 12.3 Å². The largest absolute Gasteiger partial charge is 0.378 e. The van der Waals surface area contributed by atoms with Crippen molar-refractivity contribution >= 4 is 28.9 Å². The maximum atomic E-state index is 12.5. The number of rotatable bonds is 5. The normalized spacial score (nSPS) is 14.2. The maximum absolute atomic E-state index is 12.5. The fraction of sp³-hybridized carbons (Fsp3) is 0.368. The number of anilines is 3. The average molecular weight is 397 g/mol. The van der Waals surface area contributed by atoms with Crippen molar-refractivity contribution in [1.29, 1.82) is 0 Å². The van der Waals surface area contributed by atoms with Crippen LogP contribution >= 0.6 is 0 Å². The SMILES string of the molecule is CN(C)c1ccc(NC(=O)Cn2nc3nc(N4CCOCC4)ccn3c2=O)cc1. The molecule has 1 saturated heterocycles. The molecular formula is C19H23N7O3. The van der Waals surface area contributed by atoms with Gasteiger partial charge in [0.15, 0.2) is 0 Å². The Morgan fingerprint density at radius 1 is 1.17 bits per heavy atom. The molecule has 1 aliphatic rings. The van der Waals surface area contributed by atoms with Crippen LogP contribution in [0.4, 0.5) is 17.2 Å². The molecule has 1 aliphatic heterocycles. The molecule has 0 aliphatic carbocycles. The molecule has 29 heavy (non-hydrogen) atoms. The Balaban J connectivity index is 1.49. The predicted molar refractivity (Wildman–Crippen MR) is 110 cm³/mol. The van der Waals surface area contributed by atoms with E-state index in [9.17, 15) is 9.59 Å². The van der Waals surface area contributed by atoms with E-state index in [-0.39, 0.29) is 18.2 Å². The second-order valence-electron chi connectivity index (χ2n) is 6.98. The molecule has 1 N–H and O–H groups in total. The lowest BCUT2D eigenvalue weighted by atomic mass is 10.2. The minimum Gasteiger partial charge on any atom is -0.378 e. The van der Waals surface area contributed by atoms with Gasteiger partial charge in [0.1, 0.15) is 12.4 Å². The average Bonchev–Trinajstić information content (AvgIpc) is 3.03. The minimum absolute atomic E-state index is 0.190. The van der Waals surface area contributed by atoms with Gasteiger partial charge in [-0.2, -0.15) is 4.98 Å². The lowest BCUT2D eigenvalue weighted by Gasteiger charge is -2.27. The molecule has 3 heterocycles. The Bertz CT molecular complexity index is 1070.